The number of halogens is 1. The first-order chi connectivity index (χ1) is 15.4. The van der Waals surface area contributed by atoms with Crippen LogP contribution in [0.15, 0.2) is 48.5 Å². The van der Waals surface area contributed by atoms with Gasteiger partial charge in [0.25, 0.3) is 0 Å². The van der Waals surface area contributed by atoms with Gasteiger partial charge in [-0.3, -0.25) is 13.9 Å². The van der Waals surface area contributed by atoms with Crippen molar-refractivity contribution in [1.82, 2.24) is 10.2 Å². The lowest BCUT2D eigenvalue weighted by Gasteiger charge is -2.32. The lowest BCUT2D eigenvalue weighted by atomic mass is 10.1. The summed E-state index contributed by atoms with van der Waals surface area (Å²) in [6.07, 6.45) is 1.72. The van der Waals surface area contributed by atoms with Crippen molar-refractivity contribution in [3.8, 4) is 0 Å². The van der Waals surface area contributed by atoms with Crippen LogP contribution in [0.25, 0.3) is 0 Å². The van der Waals surface area contributed by atoms with Crippen LogP contribution in [0.4, 0.5) is 10.1 Å². The molecule has 7 nitrogen and oxygen atoms in total. The Morgan fingerprint density at radius 3 is 2.21 bits per heavy atom. The summed E-state index contributed by atoms with van der Waals surface area (Å²) in [7, 11) is -3.80. The van der Waals surface area contributed by atoms with Gasteiger partial charge in [-0.05, 0) is 45.4 Å². The molecule has 0 bridgehead atoms. The number of hydrogen-bond acceptors (Lipinski definition) is 4. The third-order valence-corrected chi connectivity index (χ3v) is 6.61. The molecule has 2 aromatic rings. The number of anilines is 1. The van der Waals surface area contributed by atoms with Crippen molar-refractivity contribution in [1.29, 1.82) is 0 Å². The number of carbonyl (C=O) groups is 2. The number of amides is 2. The number of hydrogen-bond donors (Lipinski definition) is 1. The maximum absolute atomic E-state index is 14.4. The molecule has 0 aromatic heterocycles. The maximum Gasteiger partial charge on any atom is 0.244 e. The molecule has 9 heteroatoms. The van der Waals surface area contributed by atoms with Crippen LogP contribution in [-0.2, 0) is 26.2 Å². The number of sulfonamides is 1. The van der Waals surface area contributed by atoms with E-state index in [9.17, 15) is 22.4 Å². The van der Waals surface area contributed by atoms with Crippen LogP contribution in [0.1, 0.15) is 38.3 Å². The Kier molecular flexibility index (Phi) is 8.99. The third kappa shape index (κ3) is 7.28. The quantitative estimate of drug-likeness (QED) is 0.569. The Morgan fingerprint density at radius 1 is 1.06 bits per heavy atom. The van der Waals surface area contributed by atoms with E-state index in [1.165, 1.54) is 23.1 Å². The summed E-state index contributed by atoms with van der Waals surface area (Å²) in [4.78, 5) is 27.4. The van der Waals surface area contributed by atoms with Crippen LogP contribution >= 0.6 is 0 Å². The second-order valence-electron chi connectivity index (χ2n) is 8.21. The molecule has 33 heavy (non-hydrogen) atoms. The topological polar surface area (TPSA) is 86.8 Å². The van der Waals surface area contributed by atoms with E-state index in [1.54, 1.807) is 37.3 Å². The first-order valence-corrected chi connectivity index (χ1v) is 12.7. The van der Waals surface area contributed by atoms with Crippen LogP contribution in [0, 0.1) is 12.7 Å². The highest BCUT2D eigenvalue weighted by atomic mass is 32.2. The molecule has 0 saturated carbocycles. The Balaban J connectivity index is 2.39. The molecule has 2 amide bonds. The van der Waals surface area contributed by atoms with E-state index >= 15 is 0 Å². The average Bonchev–Trinajstić information content (AvgIpc) is 2.76. The van der Waals surface area contributed by atoms with E-state index in [0.29, 0.717) is 12.1 Å². The van der Waals surface area contributed by atoms with Gasteiger partial charge in [-0.1, -0.05) is 42.8 Å². The van der Waals surface area contributed by atoms with E-state index in [4.69, 9.17) is 0 Å². The van der Waals surface area contributed by atoms with Gasteiger partial charge in [-0.25, -0.2) is 12.8 Å². The molecular formula is C24H32FN3O4S. The molecule has 0 fully saturated rings. The zero-order valence-electron chi connectivity index (χ0n) is 19.7. The Hall–Kier alpha value is -2.94. The van der Waals surface area contributed by atoms with Crippen molar-refractivity contribution < 1.29 is 22.4 Å². The van der Waals surface area contributed by atoms with Crippen molar-refractivity contribution >= 4 is 27.5 Å². The number of benzene rings is 2. The van der Waals surface area contributed by atoms with Gasteiger partial charge in [0.05, 0.1) is 11.9 Å². The van der Waals surface area contributed by atoms with Gasteiger partial charge in [0.1, 0.15) is 18.4 Å². The van der Waals surface area contributed by atoms with Gasteiger partial charge in [0.2, 0.25) is 21.8 Å². The number of carbonyl (C=O) groups excluding carboxylic acids is 2. The predicted octanol–water partition coefficient (Wildman–Crippen LogP) is 3.23. The summed E-state index contributed by atoms with van der Waals surface area (Å²) >= 11 is 0. The fourth-order valence-corrected chi connectivity index (χ4v) is 4.03. The van der Waals surface area contributed by atoms with E-state index in [-0.39, 0.29) is 18.2 Å². The zero-order valence-corrected chi connectivity index (χ0v) is 20.5. The SMILES string of the molecule is CC[C@H](C)NC(=O)[C@@H](C)N(Cc1ccccc1F)C(=O)CN(c1ccc(C)cc1)S(C)(=O)=O. The highest BCUT2D eigenvalue weighted by Crippen LogP contribution is 2.20. The number of nitrogens with one attached hydrogen (secondary N) is 1. The summed E-state index contributed by atoms with van der Waals surface area (Å²) in [6.45, 7) is 6.49. The van der Waals surface area contributed by atoms with Crippen molar-refractivity contribution in [3.05, 3.63) is 65.5 Å². The first kappa shape index (κ1) is 26.3. The molecule has 0 radical (unpaired) electrons. The molecule has 2 rings (SSSR count). The molecule has 0 heterocycles. The smallest absolute Gasteiger partial charge is 0.244 e. The minimum atomic E-state index is -3.80. The lowest BCUT2D eigenvalue weighted by Crippen LogP contribution is -2.52. The van der Waals surface area contributed by atoms with Gasteiger partial charge in [0, 0.05) is 18.2 Å². The van der Waals surface area contributed by atoms with Gasteiger partial charge in [-0.15, -0.1) is 0 Å². The molecule has 2 atom stereocenters. The lowest BCUT2D eigenvalue weighted by molar-refractivity contribution is -0.139. The Morgan fingerprint density at radius 2 is 1.67 bits per heavy atom. The summed E-state index contributed by atoms with van der Waals surface area (Å²) in [5.41, 5.74) is 1.50. The number of aryl methyl sites for hydroxylation is 1. The maximum atomic E-state index is 14.4. The van der Waals surface area contributed by atoms with Crippen molar-refractivity contribution in [2.24, 2.45) is 0 Å². The molecule has 1 N–H and O–H groups in total. The van der Waals surface area contributed by atoms with Crippen molar-refractivity contribution in [2.75, 3.05) is 17.1 Å². The minimum absolute atomic E-state index is 0.106. The summed E-state index contributed by atoms with van der Waals surface area (Å²) in [6, 6.07) is 11.7. The van der Waals surface area contributed by atoms with Gasteiger partial charge in [0.15, 0.2) is 0 Å². The summed E-state index contributed by atoms with van der Waals surface area (Å²) in [5, 5.41) is 2.83. The monoisotopic (exact) mass is 477 g/mol. The predicted molar refractivity (Wildman–Crippen MR) is 128 cm³/mol. The minimum Gasteiger partial charge on any atom is -0.352 e. The normalized spacial score (nSPS) is 13.2. The second kappa shape index (κ2) is 11.3. The van der Waals surface area contributed by atoms with Crippen LogP contribution < -0.4 is 9.62 Å². The standard InChI is InChI=1S/C24H32FN3O4S/c1-6-18(3)26-24(30)19(4)27(15-20-9-7-8-10-22(20)25)23(29)16-28(33(5,31)32)21-13-11-17(2)12-14-21/h7-14,18-19H,6,15-16H2,1-5H3,(H,26,30)/t18-,19+/m0/s1. The van der Waals surface area contributed by atoms with Gasteiger partial charge < -0.3 is 10.2 Å². The third-order valence-electron chi connectivity index (χ3n) is 5.47. The Bertz CT molecular complexity index is 1070. The molecular weight excluding hydrogens is 445 g/mol. The molecule has 180 valence electrons. The first-order valence-electron chi connectivity index (χ1n) is 10.8. The van der Waals surface area contributed by atoms with Crippen molar-refractivity contribution in [2.45, 2.75) is 52.7 Å². The van der Waals surface area contributed by atoms with Crippen molar-refractivity contribution in [3.63, 3.8) is 0 Å². The Labute approximate surface area is 195 Å². The summed E-state index contributed by atoms with van der Waals surface area (Å²) < 4.78 is 40.3. The summed E-state index contributed by atoms with van der Waals surface area (Å²) in [5.74, 6) is -1.52. The molecule has 0 unspecified atom stereocenters. The van der Waals surface area contributed by atoms with E-state index in [0.717, 1.165) is 16.1 Å². The molecule has 0 aliphatic rings. The zero-order chi connectivity index (χ0) is 24.8. The average molecular weight is 478 g/mol. The van der Waals surface area contributed by atoms with Crippen LogP contribution in [0.5, 0.6) is 0 Å². The molecule has 0 aliphatic heterocycles. The fourth-order valence-electron chi connectivity index (χ4n) is 3.18. The van der Waals surface area contributed by atoms with Gasteiger partial charge >= 0.3 is 0 Å². The molecule has 0 saturated heterocycles. The van der Waals surface area contributed by atoms with E-state index < -0.39 is 40.2 Å². The highest BCUT2D eigenvalue weighted by Gasteiger charge is 2.30. The molecule has 0 aliphatic carbocycles. The van der Waals surface area contributed by atoms with Crippen LogP contribution in [0.3, 0.4) is 0 Å². The van der Waals surface area contributed by atoms with Gasteiger partial charge in [-0.2, -0.15) is 0 Å². The largest absolute Gasteiger partial charge is 0.352 e. The van der Waals surface area contributed by atoms with E-state index in [2.05, 4.69) is 5.32 Å². The number of nitrogens with zero attached hydrogens (tertiary/aromatic N) is 2. The van der Waals surface area contributed by atoms with Crippen LogP contribution in [-0.4, -0.2) is 50.0 Å². The number of rotatable bonds is 10. The second-order valence-corrected chi connectivity index (χ2v) is 10.1. The highest BCUT2D eigenvalue weighted by molar-refractivity contribution is 7.92. The fraction of sp³-hybridized carbons (Fsp3) is 0.417. The molecule has 2 aromatic carbocycles. The molecule has 0 spiro atoms. The van der Waals surface area contributed by atoms with Crippen LogP contribution in [0.2, 0.25) is 0 Å². The van der Waals surface area contributed by atoms with E-state index in [1.807, 2.05) is 20.8 Å².